The molecule has 2 amide bonds. The van der Waals surface area contributed by atoms with Gasteiger partial charge in [0.2, 0.25) is 0 Å². The number of nitrogens with one attached hydrogen (secondary N) is 1. The molecule has 0 aliphatic heterocycles. The van der Waals surface area contributed by atoms with Crippen molar-refractivity contribution < 1.29 is 14.7 Å². The molecule has 4 rings (SSSR count). The Bertz CT molecular complexity index is 1170. The highest BCUT2D eigenvalue weighted by Gasteiger charge is 2.41. The van der Waals surface area contributed by atoms with Gasteiger partial charge in [-0.2, -0.15) is 0 Å². The maximum absolute atomic E-state index is 13.6. The average molecular weight is 443 g/mol. The predicted molar refractivity (Wildman–Crippen MR) is 126 cm³/mol. The Morgan fingerprint density at radius 3 is 1.81 bits per heavy atom. The minimum Gasteiger partial charge on any atom is -0.372 e. The Balaban J connectivity index is 1.76. The van der Waals surface area contributed by atoms with E-state index in [0.29, 0.717) is 22.4 Å². The molecule has 32 heavy (non-hydrogen) atoms. The Labute approximate surface area is 190 Å². The quantitative estimate of drug-likeness (QED) is 0.441. The van der Waals surface area contributed by atoms with Crippen LogP contribution >= 0.6 is 11.3 Å². The zero-order valence-electron chi connectivity index (χ0n) is 17.4. The molecule has 0 saturated carbocycles. The van der Waals surface area contributed by atoms with Crippen LogP contribution in [0.3, 0.4) is 0 Å². The molecule has 1 heterocycles. The lowest BCUT2D eigenvalue weighted by atomic mass is 9.85. The molecule has 5 nitrogen and oxygen atoms in total. The van der Waals surface area contributed by atoms with Crippen LogP contribution in [0.4, 0.5) is 5.69 Å². The average Bonchev–Trinajstić information content (AvgIpc) is 3.29. The maximum atomic E-state index is 13.6. The molecule has 2 N–H and O–H groups in total. The van der Waals surface area contributed by atoms with Crippen molar-refractivity contribution in [1.82, 2.24) is 5.43 Å². The van der Waals surface area contributed by atoms with E-state index in [1.807, 2.05) is 25.1 Å². The highest BCUT2D eigenvalue weighted by atomic mass is 32.1. The number of anilines is 1. The number of hydrogen-bond donors (Lipinski definition) is 2. The molecule has 0 spiro atoms. The number of aliphatic hydroxyl groups is 1. The number of aryl methyl sites for hydroxylation is 1. The highest BCUT2D eigenvalue weighted by molar-refractivity contribution is 7.10. The van der Waals surface area contributed by atoms with Crippen molar-refractivity contribution in [3.8, 4) is 0 Å². The number of amides is 2. The van der Waals surface area contributed by atoms with Crippen LogP contribution in [0.2, 0.25) is 0 Å². The molecule has 0 bridgehead atoms. The molecule has 1 aromatic heterocycles. The molecular weight excluding hydrogens is 420 g/mol. The Morgan fingerprint density at radius 2 is 1.34 bits per heavy atom. The van der Waals surface area contributed by atoms with Gasteiger partial charge >= 0.3 is 0 Å². The molecule has 0 aliphatic carbocycles. The summed E-state index contributed by atoms with van der Waals surface area (Å²) >= 11 is 1.45. The molecule has 0 radical (unpaired) electrons. The first-order valence-corrected chi connectivity index (χ1v) is 11.0. The molecule has 160 valence electrons. The van der Waals surface area contributed by atoms with Crippen molar-refractivity contribution in [2.24, 2.45) is 0 Å². The molecule has 6 heteroatoms. The predicted octanol–water partition coefficient (Wildman–Crippen LogP) is 4.67. The van der Waals surface area contributed by atoms with E-state index in [4.69, 9.17) is 0 Å². The largest absolute Gasteiger partial charge is 0.372 e. The molecule has 0 unspecified atom stereocenters. The van der Waals surface area contributed by atoms with Crippen molar-refractivity contribution in [3.63, 3.8) is 0 Å². The molecule has 4 aromatic rings. The summed E-state index contributed by atoms with van der Waals surface area (Å²) in [5, 5.41) is 14.7. The van der Waals surface area contributed by atoms with Crippen LogP contribution in [-0.4, -0.2) is 16.9 Å². The van der Waals surface area contributed by atoms with Gasteiger partial charge in [-0.1, -0.05) is 78.9 Å². The van der Waals surface area contributed by atoms with E-state index in [9.17, 15) is 14.7 Å². The molecular formula is C26H22N2O3S. The fourth-order valence-electron chi connectivity index (χ4n) is 3.46. The van der Waals surface area contributed by atoms with E-state index in [1.165, 1.54) is 16.3 Å². The molecule has 0 atom stereocenters. The topological polar surface area (TPSA) is 69.6 Å². The third kappa shape index (κ3) is 4.19. The number of hydrazine groups is 1. The summed E-state index contributed by atoms with van der Waals surface area (Å²) in [6.07, 6.45) is 0. The van der Waals surface area contributed by atoms with Crippen LogP contribution in [0.5, 0.6) is 0 Å². The van der Waals surface area contributed by atoms with Crippen molar-refractivity contribution in [2.45, 2.75) is 12.5 Å². The fourth-order valence-corrected chi connectivity index (χ4v) is 4.14. The number of thiophene rings is 1. The normalized spacial score (nSPS) is 11.1. The minimum absolute atomic E-state index is 0.391. The van der Waals surface area contributed by atoms with Gasteiger partial charge in [-0.3, -0.25) is 15.0 Å². The van der Waals surface area contributed by atoms with Crippen LogP contribution in [0, 0.1) is 6.92 Å². The summed E-state index contributed by atoms with van der Waals surface area (Å²) in [6.45, 7) is 1.91. The minimum atomic E-state index is -2.00. The lowest BCUT2D eigenvalue weighted by Crippen LogP contribution is -2.54. The second kappa shape index (κ2) is 9.18. The summed E-state index contributed by atoms with van der Waals surface area (Å²) in [7, 11) is 0. The van der Waals surface area contributed by atoms with Gasteiger partial charge in [-0.25, -0.2) is 5.01 Å². The molecule has 0 aliphatic rings. The van der Waals surface area contributed by atoms with Crippen LogP contribution < -0.4 is 10.4 Å². The van der Waals surface area contributed by atoms with Gasteiger partial charge in [0.25, 0.3) is 11.8 Å². The number of benzene rings is 3. The summed E-state index contributed by atoms with van der Waals surface area (Å²) in [6, 6.07) is 28.0. The van der Waals surface area contributed by atoms with E-state index in [0.717, 1.165) is 4.88 Å². The number of nitrogens with zero attached hydrogens (tertiary/aromatic N) is 1. The highest BCUT2D eigenvalue weighted by Crippen LogP contribution is 2.30. The second-order valence-corrected chi connectivity index (χ2v) is 8.42. The SMILES string of the molecule is Cc1cc(C(=O)N(NC(=O)C(O)(c2ccccc2)c2ccccc2)c2ccccc2)cs1. The van der Waals surface area contributed by atoms with Crippen LogP contribution in [0.25, 0.3) is 0 Å². The lowest BCUT2D eigenvalue weighted by Gasteiger charge is -2.31. The molecule has 3 aromatic carbocycles. The smallest absolute Gasteiger partial charge is 0.280 e. The second-order valence-electron chi connectivity index (χ2n) is 7.31. The van der Waals surface area contributed by atoms with E-state index in [-0.39, 0.29) is 0 Å². The van der Waals surface area contributed by atoms with Crippen LogP contribution in [0.1, 0.15) is 26.4 Å². The lowest BCUT2D eigenvalue weighted by molar-refractivity contribution is -0.136. The first kappa shape index (κ1) is 21.5. The van der Waals surface area contributed by atoms with E-state index < -0.39 is 17.4 Å². The van der Waals surface area contributed by atoms with Gasteiger partial charge in [0, 0.05) is 10.3 Å². The van der Waals surface area contributed by atoms with Gasteiger partial charge < -0.3 is 5.11 Å². The Hall–Kier alpha value is -3.74. The van der Waals surface area contributed by atoms with Crippen molar-refractivity contribution in [2.75, 3.05) is 5.01 Å². The number of hydrogen-bond acceptors (Lipinski definition) is 4. The molecule has 0 fully saturated rings. The fraction of sp³-hybridized carbons (Fsp3) is 0.0769. The third-order valence-electron chi connectivity index (χ3n) is 5.12. The van der Waals surface area contributed by atoms with Gasteiger partial charge in [0.1, 0.15) is 0 Å². The van der Waals surface area contributed by atoms with Gasteiger partial charge in [0.05, 0.1) is 11.3 Å². The van der Waals surface area contributed by atoms with Gasteiger partial charge in [-0.15, -0.1) is 11.3 Å². The number of para-hydroxylation sites is 1. The zero-order chi connectivity index (χ0) is 22.6. The standard InChI is InChI=1S/C26H22N2O3S/c1-19-17-20(18-32-19)24(29)28(23-15-9-4-10-16-23)27-25(30)26(31,21-11-5-2-6-12-21)22-13-7-3-8-14-22/h2-18,31H,1H3,(H,27,30). The summed E-state index contributed by atoms with van der Waals surface area (Å²) in [5.74, 6) is -1.13. The Kier molecular flexibility index (Phi) is 6.16. The van der Waals surface area contributed by atoms with Crippen molar-refractivity contribution >= 4 is 28.8 Å². The first-order chi connectivity index (χ1) is 15.5. The number of rotatable bonds is 5. The number of carbonyl (C=O) groups excluding carboxylic acids is 2. The van der Waals surface area contributed by atoms with E-state index in [2.05, 4.69) is 5.43 Å². The third-order valence-corrected chi connectivity index (χ3v) is 5.98. The molecule has 0 saturated heterocycles. The Morgan fingerprint density at radius 1 is 0.844 bits per heavy atom. The van der Waals surface area contributed by atoms with Gasteiger partial charge in [-0.05, 0) is 36.2 Å². The van der Waals surface area contributed by atoms with E-state index >= 15 is 0 Å². The number of carbonyl (C=O) groups is 2. The van der Waals surface area contributed by atoms with Crippen molar-refractivity contribution in [1.29, 1.82) is 0 Å². The maximum Gasteiger partial charge on any atom is 0.280 e. The summed E-state index contributed by atoms with van der Waals surface area (Å²) in [5.41, 5.74) is 2.42. The van der Waals surface area contributed by atoms with Crippen LogP contribution in [0.15, 0.2) is 102 Å². The van der Waals surface area contributed by atoms with Crippen molar-refractivity contribution in [3.05, 3.63) is 124 Å². The zero-order valence-corrected chi connectivity index (χ0v) is 18.3. The summed E-state index contributed by atoms with van der Waals surface area (Å²) < 4.78 is 0. The monoisotopic (exact) mass is 442 g/mol. The van der Waals surface area contributed by atoms with Gasteiger partial charge in [0.15, 0.2) is 5.60 Å². The van der Waals surface area contributed by atoms with E-state index in [1.54, 1.807) is 84.2 Å². The first-order valence-electron chi connectivity index (χ1n) is 10.1. The van der Waals surface area contributed by atoms with Crippen LogP contribution in [-0.2, 0) is 10.4 Å². The summed E-state index contributed by atoms with van der Waals surface area (Å²) in [4.78, 5) is 28.0.